The first kappa shape index (κ1) is 15.2. The fraction of sp³-hybridized carbons (Fsp3) is 0.600. The quantitative estimate of drug-likeness (QED) is 0.512. The van der Waals surface area contributed by atoms with Crippen molar-refractivity contribution < 1.29 is 9.84 Å². The predicted octanol–water partition coefficient (Wildman–Crippen LogP) is 4.87. The summed E-state index contributed by atoms with van der Waals surface area (Å²) in [4.78, 5) is 0. The van der Waals surface area contributed by atoms with Gasteiger partial charge in [0.15, 0.2) is 0 Å². The van der Waals surface area contributed by atoms with Crippen LogP contribution in [0.5, 0.6) is 11.5 Å². The van der Waals surface area contributed by atoms with Gasteiger partial charge < -0.3 is 9.84 Å². The molecule has 0 fully saturated rings. The summed E-state index contributed by atoms with van der Waals surface area (Å²) in [6.07, 6.45) is 7.45. The molecule has 0 spiro atoms. The Labute approximate surface area is 115 Å². The third kappa shape index (κ3) is 5.63. The van der Waals surface area contributed by atoms with Gasteiger partial charge in [0.2, 0.25) is 0 Å². The smallest absolute Gasteiger partial charge is 0.127 e. The van der Waals surface area contributed by atoms with E-state index in [1.807, 2.05) is 0 Å². The summed E-state index contributed by atoms with van der Waals surface area (Å²) in [5.41, 5.74) is 0.931. The molecule has 0 aromatic heterocycles. The Morgan fingerprint density at radius 3 is 2.56 bits per heavy atom. The highest BCUT2D eigenvalue weighted by Gasteiger charge is 2.03. The number of unbranched alkanes of at least 4 members (excludes halogenated alkanes) is 5. The second-order valence-corrected chi connectivity index (χ2v) is 4.81. The predicted molar refractivity (Wildman–Crippen MR) is 76.5 cm³/mol. The molecule has 0 radical (unpaired) electrons. The molecule has 0 aliphatic heterocycles. The van der Waals surface area contributed by atoms with Gasteiger partial charge in [0, 0.05) is 11.6 Å². The van der Waals surface area contributed by atoms with Gasteiger partial charge in [0.25, 0.3) is 0 Å². The van der Waals surface area contributed by atoms with E-state index in [0.717, 1.165) is 12.0 Å². The highest BCUT2D eigenvalue weighted by Crippen LogP contribution is 2.25. The lowest BCUT2D eigenvalue weighted by atomic mass is 10.1. The summed E-state index contributed by atoms with van der Waals surface area (Å²) in [7, 11) is 0. The summed E-state index contributed by atoms with van der Waals surface area (Å²) in [6.45, 7) is 2.91. The number of halogens is 1. The van der Waals surface area contributed by atoms with E-state index in [1.165, 1.54) is 32.1 Å². The molecule has 0 saturated carbocycles. The summed E-state index contributed by atoms with van der Waals surface area (Å²) >= 11 is 5.82. The van der Waals surface area contributed by atoms with Crippen molar-refractivity contribution in [3.05, 3.63) is 23.8 Å². The Morgan fingerprint density at radius 2 is 1.83 bits per heavy atom. The van der Waals surface area contributed by atoms with Crippen LogP contribution >= 0.6 is 11.6 Å². The van der Waals surface area contributed by atoms with Gasteiger partial charge in [0.1, 0.15) is 11.5 Å². The lowest BCUT2D eigenvalue weighted by molar-refractivity contribution is 0.300. The van der Waals surface area contributed by atoms with Crippen LogP contribution in [0.4, 0.5) is 0 Å². The third-order valence-corrected chi connectivity index (χ3v) is 3.24. The van der Waals surface area contributed by atoms with Crippen LogP contribution in [-0.2, 0) is 5.88 Å². The maximum absolute atomic E-state index is 9.41. The molecule has 3 heteroatoms. The Balaban J connectivity index is 2.24. The molecule has 1 N–H and O–H groups in total. The first-order chi connectivity index (χ1) is 8.77. The molecule has 0 saturated heterocycles. The van der Waals surface area contributed by atoms with Crippen molar-refractivity contribution in [1.29, 1.82) is 0 Å². The van der Waals surface area contributed by atoms with Crippen LogP contribution in [0.3, 0.4) is 0 Å². The molecule has 0 unspecified atom stereocenters. The fourth-order valence-electron chi connectivity index (χ4n) is 1.85. The Bertz CT molecular complexity index is 339. The number of rotatable bonds is 9. The average molecular weight is 271 g/mol. The van der Waals surface area contributed by atoms with Crippen LogP contribution in [0.15, 0.2) is 18.2 Å². The summed E-state index contributed by atoms with van der Waals surface area (Å²) < 4.78 is 5.67. The zero-order valence-corrected chi connectivity index (χ0v) is 11.9. The maximum atomic E-state index is 9.41. The molecule has 1 aromatic rings. The molecule has 0 atom stereocenters. The fourth-order valence-corrected chi connectivity index (χ4v) is 2.07. The minimum atomic E-state index is 0.224. The minimum Gasteiger partial charge on any atom is -0.508 e. The first-order valence-corrected chi connectivity index (χ1v) is 7.32. The Kier molecular flexibility index (Phi) is 7.66. The Hall–Kier alpha value is -0.890. The number of benzene rings is 1. The standard InChI is InChI=1S/C15H23ClO2/c1-2-3-4-5-6-7-10-18-15-11-14(17)9-8-13(15)12-16/h8-9,11,17H,2-7,10,12H2,1H3. The van der Waals surface area contributed by atoms with Crippen LogP contribution < -0.4 is 4.74 Å². The van der Waals surface area contributed by atoms with Crippen molar-refractivity contribution in [2.24, 2.45) is 0 Å². The zero-order valence-electron chi connectivity index (χ0n) is 11.1. The van der Waals surface area contributed by atoms with Crippen molar-refractivity contribution in [3.63, 3.8) is 0 Å². The molecule has 18 heavy (non-hydrogen) atoms. The summed E-state index contributed by atoms with van der Waals surface area (Å²) in [5.74, 6) is 1.34. The van der Waals surface area contributed by atoms with Crippen molar-refractivity contribution in [2.45, 2.75) is 51.3 Å². The van der Waals surface area contributed by atoms with E-state index in [-0.39, 0.29) is 5.75 Å². The largest absolute Gasteiger partial charge is 0.508 e. The molecule has 1 aromatic carbocycles. The second kappa shape index (κ2) is 9.09. The van der Waals surface area contributed by atoms with E-state index >= 15 is 0 Å². The average Bonchev–Trinajstić information content (AvgIpc) is 2.38. The van der Waals surface area contributed by atoms with Crippen molar-refractivity contribution in [1.82, 2.24) is 0 Å². The normalized spacial score (nSPS) is 10.6. The second-order valence-electron chi connectivity index (χ2n) is 4.54. The number of alkyl halides is 1. The van der Waals surface area contributed by atoms with E-state index < -0.39 is 0 Å². The van der Waals surface area contributed by atoms with Gasteiger partial charge >= 0.3 is 0 Å². The molecule has 0 bridgehead atoms. The summed E-state index contributed by atoms with van der Waals surface area (Å²) in [6, 6.07) is 5.07. The van der Waals surface area contributed by atoms with Gasteiger partial charge in [-0.15, -0.1) is 11.6 Å². The lowest BCUT2D eigenvalue weighted by Gasteiger charge is -2.10. The monoisotopic (exact) mass is 270 g/mol. The zero-order chi connectivity index (χ0) is 13.2. The van der Waals surface area contributed by atoms with Gasteiger partial charge in [-0.2, -0.15) is 0 Å². The number of ether oxygens (including phenoxy) is 1. The molecule has 0 heterocycles. The topological polar surface area (TPSA) is 29.5 Å². The van der Waals surface area contributed by atoms with Crippen molar-refractivity contribution in [2.75, 3.05) is 6.61 Å². The van der Waals surface area contributed by atoms with Crippen LogP contribution in [0, 0.1) is 0 Å². The molecule has 0 aliphatic rings. The minimum absolute atomic E-state index is 0.224. The van der Waals surface area contributed by atoms with Crippen LogP contribution in [0.1, 0.15) is 51.0 Å². The SMILES string of the molecule is CCCCCCCCOc1cc(O)ccc1CCl. The molecule has 2 nitrogen and oxygen atoms in total. The first-order valence-electron chi connectivity index (χ1n) is 6.78. The molecule has 0 amide bonds. The van der Waals surface area contributed by atoms with Crippen LogP contribution in [0.25, 0.3) is 0 Å². The van der Waals surface area contributed by atoms with Gasteiger partial charge in [-0.3, -0.25) is 0 Å². The summed E-state index contributed by atoms with van der Waals surface area (Å²) in [5, 5.41) is 9.41. The Morgan fingerprint density at radius 1 is 1.11 bits per heavy atom. The van der Waals surface area contributed by atoms with E-state index in [4.69, 9.17) is 16.3 Å². The maximum Gasteiger partial charge on any atom is 0.127 e. The number of phenols is 1. The van der Waals surface area contributed by atoms with E-state index in [0.29, 0.717) is 18.2 Å². The molecular weight excluding hydrogens is 248 g/mol. The molecule has 102 valence electrons. The molecule has 1 rings (SSSR count). The highest BCUT2D eigenvalue weighted by molar-refractivity contribution is 6.17. The van der Waals surface area contributed by atoms with E-state index in [2.05, 4.69) is 6.92 Å². The van der Waals surface area contributed by atoms with Gasteiger partial charge in [-0.25, -0.2) is 0 Å². The van der Waals surface area contributed by atoms with Crippen molar-refractivity contribution >= 4 is 11.6 Å². The lowest BCUT2D eigenvalue weighted by Crippen LogP contribution is -1.99. The van der Waals surface area contributed by atoms with E-state index in [9.17, 15) is 5.11 Å². The highest BCUT2D eigenvalue weighted by atomic mass is 35.5. The van der Waals surface area contributed by atoms with Gasteiger partial charge in [0.05, 0.1) is 12.5 Å². The number of aromatic hydroxyl groups is 1. The number of hydrogen-bond acceptors (Lipinski definition) is 2. The number of hydrogen-bond donors (Lipinski definition) is 1. The van der Waals surface area contributed by atoms with Gasteiger partial charge in [-0.05, 0) is 12.5 Å². The number of phenolic OH excluding ortho intramolecular Hbond substituents is 1. The van der Waals surface area contributed by atoms with E-state index in [1.54, 1.807) is 18.2 Å². The van der Waals surface area contributed by atoms with Crippen molar-refractivity contribution in [3.8, 4) is 11.5 Å². The molecular formula is C15H23ClO2. The van der Waals surface area contributed by atoms with Crippen LogP contribution in [-0.4, -0.2) is 11.7 Å². The third-order valence-electron chi connectivity index (χ3n) is 2.95. The molecule has 0 aliphatic carbocycles. The van der Waals surface area contributed by atoms with Crippen LogP contribution in [0.2, 0.25) is 0 Å². The van der Waals surface area contributed by atoms with Gasteiger partial charge in [-0.1, -0.05) is 45.1 Å².